The van der Waals surface area contributed by atoms with Crippen LogP contribution in [-0.4, -0.2) is 15.1 Å². The second-order valence-electron chi connectivity index (χ2n) is 6.55. The number of benzene rings is 2. The van der Waals surface area contributed by atoms with E-state index in [0.717, 1.165) is 16.9 Å². The third-order valence-corrected chi connectivity index (χ3v) is 4.35. The molecule has 0 bridgehead atoms. The van der Waals surface area contributed by atoms with Gasteiger partial charge in [-0.05, 0) is 55.3 Å². The predicted octanol–water partition coefficient (Wildman–Crippen LogP) is 5.10. The van der Waals surface area contributed by atoms with E-state index in [1.807, 2.05) is 32.0 Å². The summed E-state index contributed by atoms with van der Waals surface area (Å²) < 4.78 is 16.9. The van der Waals surface area contributed by atoms with Gasteiger partial charge in [0.2, 0.25) is 5.82 Å². The van der Waals surface area contributed by atoms with E-state index in [1.54, 1.807) is 24.3 Å². The van der Waals surface area contributed by atoms with E-state index in [2.05, 4.69) is 10.1 Å². The molecule has 0 aliphatic carbocycles. The van der Waals surface area contributed by atoms with Crippen LogP contribution >= 0.6 is 0 Å². The largest absolute Gasteiger partial charge is 0.485 e. The van der Waals surface area contributed by atoms with Crippen LogP contribution in [0, 0.1) is 24.0 Å². The first-order valence-electron chi connectivity index (χ1n) is 8.87. The number of furan rings is 1. The van der Waals surface area contributed by atoms with Gasteiger partial charge in [-0.1, -0.05) is 17.3 Å². The summed E-state index contributed by atoms with van der Waals surface area (Å²) >= 11 is 0. The van der Waals surface area contributed by atoms with Crippen LogP contribution in [0.15, 0.2) is 63.5 Å². The lowest BCUT2D eigenvalue weighted by Gasteiger charge is -2.08. The highest BCUT2D eigenvalue weighted by atomic mass is 16.6. The first-order valence-corrected chi connectivity index (χ1v) is 8.87. The van der Waals surface area contributed by atoms with E-state index >= 15 is 0 Å². The molecule has 0 saturated heterocycles. The molecule has 4 rings (SSSR count). The molecule has 0 N–H and O–H groups in total. The lowest BCUT2D eigenvalue weighted by molar-refractivity contribution is -0.384. The van der Waals surface area contributed by atoms with Crippen molar-refractivity contribution in [3.63, 3.8) is 0 Å². The molecule has 2 aromatic heterocycles. The molecule has 0 spiro atoms. The first kappa shape index (κ1) is 18.4. The van der Waals surface area contributed by atoms with Crippen LogP contribution in [0.5, 0.6) is 5.75 Å². The van der Waals surface area contributed by atoms with Gasteiger partial charge in [0.25, 0.3) is 11.6 Å². The van der Waals surface area contributed by atoms with Gasteiger partial charge in [0.1, 0.15) is 18.1 Å². The number of non-ortho nitro benzene ring substituents is 1. The van der Waals surface area contributed by atoms with Crippen LogP contribution in [-0.2, 0) is 6.61 Å². The third-order valence-electron chi connectivity index (χ3n) is 4.35. The second-order valence-corrected chi connectivity index (χ2v) is 6.55. The molecular weight excluding hydrogens is 374 g/mol. The van der Waals surface area contributed by atoms with Gasteiger partial charge in [-0.3, -0.25) is 10.1 Å². The smallest absolute Gasteiger partial charge is 0.293 e. The summed E-state index contributed by atoms with van der Waals surface area (Å²) in [7, 11) is 0. The number of aromatic nitrogens is 2. The zero-order valence-electron chi connectivity index (χ0n) is 15.8. The molecule has 146 valence electrons. The summed E-state index contributed by atoms with van der Waals surface area (Å²) in [5.41, 5.74) is 2.77. The van der Waals surface area contributed by atoms with E-state index in [-0.39, 0.29) is 18.2 Å². The molecule has 0 aliphatic heterocycles. The average Bonchev–Trinajstić information content (AvgIpc) is 3.38. The van der Waals surface area contributed by atoms with Crippen LogP contribution < -0.4 is 4.74 Å². The summed E-state index contributed by atoms with van der Waals surface area (Å²) in [6, 6.07) is 15.5. The van der Waals surface area contributed by atoms with E-state index in [1.165, 1.54) is 12.1 Å². The van der Waals surface area contributed by atoms with Gasteiger partial charge < -0.3 is 13.7 Å². The molecular formula is C21H17N3O5. The van der Waals surface area contributed by atoms with Crippen LogP contribution in [0.3, 0.4) is 0 Å². The Bertz CT molecular complexity index is 1160. The van der Waals surface area contributed by atoms with Crippen molar-refractivity contribution in [2.45, 2.75) is 20.5 Å². The van der Waals surface area contributed by atoms with Gasteiger partial charge in [0.15, 0.2) is 5.76 Å². The van der Waals surface area contributed by atoms with Gasteiger partial charge in [0, 0.05) is 17.7 Å². The van der Waals surface area contributed by atoms with Gasteiger partial charge in [-0.25, -0.2) is 0 Å². The zero-order chi connectivity index (χ0) is 20.4. The number of nitrogens with zero attached hydrogens (tertiary/aromatic N) is 3. The van der Waals surface area contributed by atoms with Gasteiger partial charge in [-0.15, -0.1) is 0 Å². The highest BCUT2D eigenvalue weighted by Gasteiger charge is 2.15. The second kappa shape index (κ2) is 7.59. The van der Waals surface area contributed by atoms with Crippen molar-refractivity contribution >= 4 is 5.69 Å². The maximum absolute atomic E-state index is 10.8. The minimum Gasteiger partial charge on any atom is -0.485 e. The fraction of sp³-hybridized carbons (Fsp3) is 0.143. The van der Waals surface area contributed by atoms with E-state index in [4.69, 9.17) is 13.7 Å². The molecule has 2 aromatic carbocycles. The third kappa shape index (κ3) is 4.01. The fourth-order valence-electron chi connectivity index (χ4n) is 2.76. The first-order chi connectivity index (χ1) is 14.0. The summed E-state index contributed by atoms with van der Waals surface area (Å²) in [6.45, 7) is 4.27. The number of ether oxygens (including phenoxy) is 1. The number of nitro benzene ring substituents is 1. The Balaban J connectivity index is 1.47. The summed E-state index contributed by atoms with van der Waals surface area (Å²) in [4.78, 5) is 14.6. The highest BCUT2D eigenvalue weighted by Crippen LogP contribution is 2.26. The molecule has 29 heavy (non-hydrogen) atoms. The molecule has 8 nitrogen and oxygen atoms in total. The molecule has 2 heterocycles. The Hall–Kier alpha value is -3.94. The topological polar surface area (TPSA) is 104 Å². The Morgan fingerprint density at radius 2 is 1.86 bits per heavy atom. The molecule has 0 saturated carbocycles. The lowest BCUT2D eigenvalue weighted by atomic mass is 10.1. The van der Waals surface area contributed by atoms with E-state index < -0.39 is 4.92 Å². The van der Waals surface area contributed by atoms with Gasteiger partial charge >= 0.3 is 0 Å². The maximum atomic E-state index is 10.8. The Kier molecular flexibility index (Phi) is 4.82. The maximum Gasteiger partial charge on any atom is 0.293 e. The lowest BCUT2D eigenvalue weighted by Crippen LogP contribution is -1.96. The molecule has 0 atom stereocenters. The molecule has 0 radical (unpaired) electrons. The van der Waals surface area contributed by atoms with Crippen LogP contribution in [0.2, 0.25) is 0 Å². The van der Waals surface area contributed by atoms with E-state index in [0.29, 0.717) is 22.9 Å². The fourth-order valence-corrected chi connectivity index (χ4v) is 2.76. The quantitative estimate of drug-likeness (QED) is 0.332. The van der Waals surface area contributed by atoms with Crippen molar-refractivity contribution < 1.29 is 18.6 Å². The van der Waals surface area contributed by atoms with Crippen molar-refractivity contribution in [2.24, 2.45) is 0 Å². The standard InChI is InChI=1S/C21H17N3O5/c1-13-3-4-14(2)19(11-13)27-12-17-9-10-18(28-17)21-22-20(23-29-21)15-5-7-16(8-6-15)24(25)26/h3-11H,12H2,1-2H3. The van der Waals surface area contributed by atoms with Crippen LogP contribution in [0.1, 0.15) is 16.9 Å². The molecule has 0 unspecified atom stereocenters. The monoisotopic (exact) mass is 391 g/mol. The van der Waals surface area contributed by atoms with Crippen molar-refractivity contribution in [1.29, 1.82) is 0 Å². The molecule has 0 amide bonds. The van der Waals surface area contributed by atoms with Gasteiger partial charge in [0.05, 0.1) is 4.92 Å². The SMILES string of the molecule is Cc1ccc(C)c(OCc2ccc(-c3nc(-c4ccc([N+](=O)[O-])cc4)no3)o2)c1. The minimum absolute atomic E-state index is 0.00279. The number of aryl methyl sites for hydroxylation is 2. The number of hydrogen-bond donors (Lipinski definition) is 0. The molecule has 0 aliphatic rings. The highest BCUT2D eigenvalue weighted by molar-refractivity contribution is 5.59. The van der Waals surface area contributed by atoms with Crippen molar-refractivity contribution in [2.75, 3.05) is 0 Å². The number of rotatable bonds is 6. The van der Waals surface area contributed by atoms with Crippen molar-refractivity contribution in [3.8, 4) is 28.8 Å². The minimum atomic E-state index is -0.462. The van der Waals surface area contributed by atoms with Crippen molar-refractivity contribution in [1.82, 2.24) is 10.1 Å². The number of nitro groups is 1. The normalized spacial score (nSPS) is 10.8. The summed E-state index contributed by atoms with van der Waals surface area (Å²) in [6.07, 6.45) is 0. The molecule has 4 aromatic rings. The van der Waals surface area contributed by atoms with Gasteiger partial charge in [-0.2, -0.15) is 4.98 Å². The Morgan fingerprint density at radius 3 is 2.62 bits per heavy atom. The van der Waals surface area contributed by atoms with Crippen molar-refractivity contribution in [3.05, 3.63) is 81.6 Å². The predicted molar refractivity (Wildman–Crippen MR) is 104 cm³/mol. The summed E-state index contributed by atoms with van der Waals surface area (Å²) in [5, 5.41) is 14.7. The Morgan fingerprint density at radius 1 is 1.07 bits per heavy atom. The van der Waals surface area contributed by atoms with Crippen LogP contribution in [0.4, 0.5) is 5.69 Å². The average molecular weight is 391 g/mol. The zero-order valence-corrected chi connectivity index (χ0v) is 15.8. The Labute approximate surface area is 165 Å². The van der Waals surface area contributed by atoms with E-state index in [9.17, 15) is 10.1 Å². The molecule has 8 heteroatoms. The summed E-state index contributed by atoms with van der Waals surface area (Å²) in [5.74, 6) is 2.39. The number of hydrogen-bond acceptors (Lipinski definition) is 7. The van der Waals surface area contributed by atoms with Crippen LogP contribution in [0.25, 0.3) is 23.0 Å². The molecule has 0 fully saturated rings.